The Morgan fingerprint density at radius 3 is 2.69 bits per heavy atom. The van der Waals surface area contributed by atoms with Crippen LogP contribution in [0.1, 0.15) is 42.4 Å². The van der Waals surface area contributed by atoms with Crippen molar-refractivity contribution in [3.63, 3.8) is 0 Å². The number of hydrogen-bond donors (Lipinski definition) is 0. The maximum absolute atomic E-state index is 13.6. The minimum absolute atomic E-state index is 0.00151. The molecule has 3 fully saturated rings. The number of rotatable bonds is 3. The maximum Gasteiger partial charge on any atom is 0.340 e. The second-order valence-electron chi connectivity index (χ2n) is 11.6. The molecule has 5 heterocycles. The highest BCUT2D eigenvalue weighted by molar-refractivity contribution is 6.11. The molecule has 39 heavy (non-hydrogen) atoms. The van der Waals surface area contributed by atoms with E-state index >= 15 is 0 Å². The van der Waals surface area contributed by atoms with Crippen molar-refractivity contribution in [1.82, 2.24) is 9.80 Å². The molecule has 3 atom stereocenters. The zero-order chi connectivity index (χ0) is 26.8. The van der Waals surface area contributed by atoms with Crippen LogP contribution in [0.5, 0.6) is 0 Å². The molecule has 2 aromatic heterocycles. The molecule has 3 aliphatic heterocycles. The van der Waals surface area contributed by atoms with Crippen LogP contribution in [0.15, 0.2) is 56.3 Å². The Labute approximate surface area is 226 Å². The molecule has 2 bridgehead atoms. The molecule has 0 N–H and O–H groups in total. The van der Waals surface area contributed by atoms with Gasteiger partial charge in [0, 0.05) is 43.0 Å². The van der Waals surface area contributed by atoms with Gasteiger partial charge in [-0.15, -0.1) is 0 Å². The van der Waals surface area contributed by atoms with Crippen LogP contribution in [0.25, 0.3) is 33.1 Å². The highest BCUT2D eigenvalue weighted by Gasteiger charge is 2.44. The van der Waals surface area contributed by atoms with Crippen LogP contribution in [0, 0.1) is 25.7 Å². The fourth-order valence-corrected chi connectivity index (χ4v) is 7.40. The molecule has 0 radical (unpaired) electrons. The highest BCUT2D eigenvalue weighted by atomic mass is 16.4. The van der Waals surface area contributed by atoms with Crippen molar-refractivity contribution in [2.75, 3.05) is 19.6 Å². The van der Waals surface area contributed by atoms with Crippen LogP contribution in [0.4, 0.5) is 0 Å². The smallest absolute Gasteiger partial charge is 0.340 e. The summed E-state index contributed by atoms with van der Waals surface area (Å²) >= 11 is 0. The van der Waals surface area contributed by atoms with Crippen LogP contribution < -0.4 is 5.63 Å². The van der Waals surface area contributed by atoms with Gasteiger partial charge in [0.2, 0.25) is 11.8 Å². The lowest BCUT2D eigenvalue weighted by atomic mass is 9.76. The minimum Gasteiger partial charge on any atom is -0.463 e. The summed E-state index contributed by atoms with van der Waals surface area (Å²) in [6.07, 6.45) is 5.41. The van der Waals surface area contributed by atoms with E-state index in [9.17, 15) is 14.4 Å². The Balaban J connectivity index is 1.23. The van der Waals surface area contributed by atoms with Crippen molar-refractivity contribution in [1.29, 1.82) is 0 Å². The first-order valence-electron chi connectivity index (χ1n) is 14.0. The molecular formula is C32H32N2O5. The lowest BCUT2D eigenvalue weighted by Gasteiger charge is -2.52. The van der Waals surface area contributed by atoms with E-state index in [1.54, 1.807) is 6.26 Å². The second kappa shape index (κ2) is 9.11. The van der Waals surface area contributed by atoms with Crippen molar-refractivity contribution in [2.45, 2.75) is 52.0 Å². The molecular weight excluding hydrogens is 492 g/mol. The lowest BCUT2D eigenvalue weighted by Crippen LogP contribution is -2.61. The van der Waals surface area contributed by atoms with E-state index in [2.05, 4.69) is 4.90 Å². The van der Waals surface area contributed by atoms with Gasteiger partial charge >= 0.3 is 5.63 Å². The molecule has 0 spiro atoms. The van der Waals surface area contributed by atoms with Crippen LogP contribution in [-0.2, 0) is 16.0 Å². The van der Waals surface area contributed by atoms with E-state index in [4.69, 9.17) is 8.83 Å². The minimum atomic E-state index is -0.469. The summed E-state index contributed by atoms with van der Waals surface area (Å²) in [4.78, 5) is 43.2. The fraction of sp³-hybridized carbons (Fsp3) is 0.406. The van der Waals surface area contributed by atoms with Gasteiger partial charge in [-0.2, -0.15) is 0 Å². The fourth-order valence-electron chi connectivity index (χ4n) is 7.40. The van der Waals surface area contributed by atoms with Crippen molar-refractivity contribution in [3.05, 3.63) is 69.8 Å². The maximum atomic E-state index is 13.6. The van der Waals surface area contributed by atoms with Crippen molar-refractivity contribution < 1.29 is 18.4 Å². The Morgan fingerprint density at radius 2 is 1.87 bits per heavy atom. The van der Waals surface area contributed by atoms with Gasteiger partial charge in [-0.3, -0.25) is 9.59 Å². The van der Waals surface area contributed by atoms with Crippen LogP contribution in [-0.4, -0.2) is 47.3 Å². The summed E-state index contributed by atoms with van der Waals surface area (Å²) in [5, 5.41) is 1.73. The third-order valence-electron chi connectivity index (χ3n) is 9.23. The van der Waals surface area contributed by atoms with Gasteiger partial charge in [-0.1, -0.05) is 30.3 Å². The molecule has 7 heteroatoms. The molecule has 2 aromatic carbocycles. The van der Waals surface area contributed by atoms with Crippen molar-refractivity contribution in [2.24, 2.45) is 11.8 Å². The van der Waals surface area contributed by atoms with Gasteiger partial charge < -0.3 is 18.6 Å². The van der Waals surface area contributed by atoms with Gasteiger partial charge in [-0.05, 0) is 67.7 Å². The second-order valence-corrected chi connectivity index (χ2v) is 11.6. The van der Waals surface area contributed by atoms with Gasteiger partial charge in [0.1, 0.15) is 11.2 Å². The topological polar surface area (TPSA) is 84.0 Å². The normalized spacial score (nSPS) is 22.9. The number of fused-ring (bicyclic) bond motifs is 7. The van der Waals surface area contributed by atoms with E-state index in [0.717, 1.165) is 58.8 Å². The molecule has 2 amide bonds. The Morgan fingerprint density at radius 1 is 1.05 bits per heavy atom. The number of carbonyl (C=O) groups excluding carboxylic acids is 2. The number of furan rings is 1. The predicted octanol–water partition coefficient (Wildman–Crippen LogP) is 5.22. The molecule has 200 valence electrons. The van der Waals surface area contributed by atoms with Crippen LogP contribution in [0.3, 0.4) is 0 Å². The first-order chi connectivity index (χ1) is 18.9. The van der Waals surface area contributed by atoms with E-state index in [1.807, 2.05) is 55.1 Å². The Kier molecular flexibility index (Phi) is 5.65. The van der Waals surface area contributed by atoms with Gasteiger partial charge in [-0.25, -0.2) is 4.79 Å². The lowest BCUT2D eigenvalue weighted by molar-refractivity contribution is -0.148. The number of nitrogens with zero attached hydrogens (tertiary/aromatic N) is 2. The highest BCUT2D eigenvalue weighted by Crippen LogP contribution is 2.40. The van der Waals surface area contributed by atoms with Crippen LogP contribution in [0.2, 0.25) is 0 Å². The van der Waals surface area contributed by atoms with Gasteiger partial charge in [0.05, 0.1) is 23.6 Å². The molecule has 3 aliphatic rings. The van der Waals surface area contributed by atoms with E-state index in [0.29, 0.717) is 48.1 Å². The van der Waals surface area contributed by atoms with Crippen molar-refractivity contribution >= 4 is 33.8 Å². The third-order valence-corrected chi connectivity index (χ3v) is 9.23. The monoisotopic (exact) mass is 524 g/mol. The number of benzene rings is 2. The third kappa shape index (κ3) is 3.89. The summed E-state index contributed by atoms with van der Waals surface area (Å²) < 4.78 is 11.9. The predicted molar refractivity (Wildman–Crippen MR) is 148 cm³/mol. The molecule has 4 aromatic rings. The van der Waals surface area contributed by atoms with Crippen LogP contribution >= 0.6 is 0 Å². The van der Waals surface area contributed by atoms with E-state index in [-0.39, 0.29) is 24.3 Å². The quantitative estimate of drug-likeness (QED) is 0.343. The SMILES string of the molecule is Cc1cc2oc(=O)c(CC(=O)N3C[C@H]4C[C@@H](C3)C3CCCC(=O)N3C4)c(C)c2c2occ(-c3ccccc3)c12. The number of piperidine rings is 3. The average molecular weight is 525 g/mol. The number of carbonyl (C=O) groups is 2. The Bertz CT molecular complexity index is 1680. The van der Waals surface area contributed by atoms with E-state index < -0.39 is 5.63 Å². The molecule has 3 saturated heterocycles. The van der Waals surface area contributed by atoms with E-state index in [1.165, 1.54) is 0 Å². The summed E-state index contributed by atoms with van der Waals surface area (Å²) in [6.45, 7) is 5.89. The average Bonchev–Trinajstić information content (AvgIpc) is 3.37. The summed E-state index contributed by atoms with van der Waals surface area (Å²) in [5.41, 5.74) is 4.81. The van der Waals surface area contributed by atoms with Gasteiger partial charge in [0.15, 0.2) is 0 Å². The summed E-state index contributed by atoms with van der Waals surface area (Å²) in [5.74, 6) is 0.812. The zero-order valence-electron chi connectivity index (χ0n) is 22.4. The molecule has 1 unspecified atom stereocenters. The van der Waals surface area contributed by atoms with Gasteiger partial charge in [0.25, 0.3) is 0 Å². The summed E-state index contributed by atoms with van der Waals surface area (Å²) in [6, 6.07) is 12.2. The molecule has 0 aliphatic carbocycles. The molecule has 0 saturated carbocycles. The number of aryl methyl sites for hydroxylation is 2. The molecule has 7 nitrogen and oxygen atoms in total. The summed E-state index contributed by atoms with van der Waals surface area (Å²) in [7, 11) is 0. The largest absolute Gasteiger partial charge is 0.463 e. The number of amides is 2. The first-order valence-corrected chi connectivity index (χ1v) is 14.0. The Hall–Kier alpha value is -3.87. The number of likely N-dealkylation sites (tertiary alicyclic amines) is 1. The zero-order valence-corrected chi connectivity index (χ0v) is 22.4. The van der Waals surface area contributed by atoms with Crippen molar-refractivity contribution in [3.8, 4) is 11.1 Å². The number of hydrogen-bond acceptors (Lipinski definition) is 5. The first kappa shape index (κ1) is 24.2. The standard InChI is InChI=1S/C32H32N2O5/c1-18-11-26-30(31-29(18)24(17-38-31)21-7-4-3-5-8-21)19(2)23(32(37)39-26)13-28(36)33-14-20-12-22(16-33)25-9-6-10-27(35)34(25)15-20/h3-5,7-8,11,17,20,22,25H,6,9-10,12-16H2,1-2H3/t20-,22+,25?/m1/s1. The molecule has 7 rings (SSSR count).